The van der Waals surface area contributed by atoms with Crippen LogP contribution in [-0.4, -0.2) is 16.9 Å². The third-order valence-corrected chi connectivity index (χ3v) is 2.17. The van der Waals surface area contributed by atoms with Crippen molar-refractivity contribution < 1.29 is 17.9 Å². The summed E-state index contributed by atoms with van der Waals surface area (Å²) in [6, 6.07) is 0. The highest BCUT2D eigenvalue weighted by atomic mass is 19.4. The lowest BCUT2D eigenvalue weighted by Gasteiger charge is -2.21. The Bertz CT molecular complexity index is 388. The summed E-state index contributed by atoms with van der Waals surface area (Å²) in [7, 11) is 1.21. The number of methoxy groups -OCH3 is 1. The molecule has 1 heterocycles. The number of hydrogen-bond acceptors (Lipinski definition) is 2. The van der Waals surface area contributed by atoms with Crippen LogP contribution in [0.2, 0.25) is 0 Å². The smallest absolute Gasteiger partial charge is 0.438 e. The van der Waals surface area contributed by atoms with Gasteiger partial charge in [0.2, 0.25) is 5.69 Å². The van der Waals surface area contributed by atoms with Gasteiger partial charge in [0.05, 0.1) is 18.3 Å². The molecule has 1 aromatic heterocycles. The number of alkyl halides is 3. The van der Waals surface area contributed by atoms with Gasteiger partial charge in [-0.25, -0.2) is 0 Å². The molecule has 16 heavy (non-hydrogen) atoms. The fourth-order valence-corrected chi connectivity index (χ4v) is 1.57. The molecule has 0 atom stereocenters. The molecule has 1 rings (SSSR count). The molecule has 0 N–H and O–H groups in total. The third-order valence-electron chi connectivity index (χ3n) is 2.17. The monoisotopic (exact) mass is 236 g/mol. The molecule has 0 aliphatic rings. The van der Waals surface area contributed by atoms with Crippen LogP contribution in [0, 0.1) is 6.92 Å². The molecule has 0 spiro atoms. The predicted molar refractivity (Wildman–Crippen MR) is 53.5 cm³/mol. The topological polar surface area (TPSA) is 27.1 Å². The molecular formula is C10H15F3N2O. The molecule has 0 unspecified atom stereocenters. The van der Waals surface area contributed by atoms with Gasteiger partial charge in [-0.05, 0) is 27.7 Å². The standard InChI is InChI=1S/C10H15F3N2O/c1-6-7(16-5)8(10(11,12)13)14-15(6)9(2,3)4/h1-5H3. The van der Waals surface area contributed by atoms with Crippen LogP contribution >= 0.6 is 0 Å². The summed E-state index contributed by atoms with van der Waals surface area (Å²) in [6.07, 6.45) is -4.49. The van der Waals surface area contributed by atoms with E-state index in [9.17, 15) is 13.2 Å². The van der Waals surface area contributed by atoms with Gasteiger partial charge in [0.25, 0.3) is 0 Å². The Morgan fingerprint density at radius 2 is 1.69 bits per heavy atom. The van der Waals surface area contributed by atoms with E-state index in [1.807, 2.05) is 0 Å². The van der Waals surface area contributed by atoms with Crippen LogP contribution in [0.15, 0.2) is 0 Å². The first-order valence-electron chi connectivity index (χ1n) is 4.80. The van der Waals surface area contributed by atoms with Crippen LogP contribution in [0.25, 0.3) is 0 Å². The fourth-order valence-electron chi connectivity index (χ4n) is 1.57. The molecule has 3 nitrogen and oxygen atoms in total. The predicted octanol–water partition coefficient (Wildman–Crippen LogP) is 2.97. The maximum atomic E-state index is 12.7. The molecule has 0 amide bonds. The van der Waals surface area contributed by atoms with Gasteiger partial charge >= 0.3 is 6.18 Å². The van der Waals surface area contributed by atoms with Crippen molar-refractivity contribution in [2.75, 3.05) is 7.11 Å². The second kappa shape index (κ2) is 3.68. The maximum absolute atomic E-state index is 12.7. The van der Waals surface area contributed by atoms with E-state index < -0.39 is 17.4 Å². The number of aromatic nitrogens is 2. The van der Waals surface area contributed by atoms with Gasteiger partial charge in [-0.2, -0.15) is 18.3 Å². The molecule has 0 saturated heterocycles. The van der Waals surface area contributed by atoms with E-state index in [1.165, 1.54) is 11.8 Å². The summed E-state index contributed by atoms with van der Waals surface area (Å²) < 4.78 is 44.1. The first-order chi connectivity index (χ1) is 7.09. The van der Waals surface area contributed by atoms with Gasteiger partial charge in [0.15, 0.2) is 5.75 Å². The Kier molecular flexibility index (Phi) is 2.96. The van der Waals surface area contributed by atoms with Gasteiger partial charge in [-0.15, -0.1) is 0 Å². The lowest BCUT2D eigenvalue weighted by atomic mass is 10.1. The van der Waals surface area contributed by atoms with Crippen LogP contribution in [0.3, 0.4) is 0 Å². The second-order valence-electron chi connectivity index (χ2n) is 4.55. The number of rotatable bonds is 1. The quantitative estimate of drug-likeness (QED) is 0.749. The third kappa shape index (κ3) is 2.15. The summed E-state index contributed by atoms with van der Waals surface area (Å²) in [5, 5.41) is 3.59. The zero-order valence-electron chi connectivity index (χ0n) is 9.94. The fraction of sp³-hybridized carbons (Fsp3) is 0.700. The SMILES string of the molecule is COc1c(C(F)(F)F)nn(C(C)(C)C)c1C. The van der Waals surface area contributed by atoms with Crippen molar-refractivity contribution in [1.29, 1.82) is 0 Å². The average molecular weight is 236 g/mol. The molecule has 92 valence electrons. The molecule has 0 bridgehead atoms. The van der Waals surface area contributed by atoms with E-state index in [1.54, 1.807) is 27.7 Å². The zero-order valence-corrected chi connectivity index (χ0v) is 9.94. The van der Waals surface area contributed by atoms with Crippen molar-refractivity contribution in [3.63, 3.8) is 0 Å². The first-order valence-corrected chi connectivity index (χ1v) is 4.80. The lowest BCUT2D eigenvalue weighted by Crippen LogP contribution is -2.25. The van der Waals surface area contributed by atoms with E-state index in [4.69, 9.17) is 4.74 Å². The van der Waals surface area contributed by atoms with Crippen molar-refractivity contribution in [3.05, 3.63) is 11.4 Å². The molecule has 0 radical (unpaired) electrons. The molecule has 0 aromatic carbocycles. The Hall–Kier alpha value is -1.20. The number of hydrogen-bond donors (Lipinski definition) is 0. The normalized spacial score (nSPS) is 13.0. The van der Waals surface area contributed by atoms with E-state index >= 15 is 0 Å². The highest BCUT2D eigenvalue weighted by Crippen LogP contribution is 2.38. The van der Waals surface area contributed by atoms with Crippen LogP contribution < -0.4 is 4.74 Å². The van der Waals surface area contributed by atoms with E-state index in [-0.39, 0.29) is 5.75 Å². The van der Waals surface area contributed by atoms with Crippen LogP contribution in [-0.2, 0) is 11.7 Å². The van der Waals surface area contributed by atoms with E-state index in [0.29, 0.717) is 5.69 Å². The average Bonchev–Trinajstić information content (AvgIpc) is 2.40. The van der Waals surface area contributed by atoms with Crippen LogP contribution in [0.4, 0.5) is 13.2 Å². The van der Waals surface area contributed by atoms with Crippen molar-refractivity contribution in [1.82, 2.24) is 9.78 Å². The summed E-state index contributed by atoms with van der Waals surface area (Å²) in [5.41, 5.74) is -1.11. The number of ether oxygens (including phenoxy) is 1. The molecule has 0 aliphatic heterocycles. The van der Waals surface area contributed by atoms with Crippen molar-refractivity contribution >= 4 is 0 Å². The Labute approximate surface area is 92.2 Å². The lowest BCUT2D eigenvalue weighted by molar-refractivity contribution is -0.142. The maximum Gasteiger partial charge on any atom is 0.438 e. The highest BCUT2D eigenvalue weighted by Gasteiger charge is 2.40. The first kappa shape index (κ1) is 12.9. The van der Waals surface area contributed by atoms with E-state index in [0.717, 1.165) is 0 Å². The number of nitrogens with zero attached hydrogens (tertiary/aromatic N) is 2. The van der Waals surface area contributed by atoms with Crippen molar-refractivity contribution in [2.24, 2.45) is 0 Å². The van der Waals surface area contributed by atoms with E-state index in [2.05, 4.69) is 5.10 Å². The van der Waals surface area contributed by atoms with Crippen LogP contribution in [0.1, 0.15) is 32.2 Å². The minimum atomic E-state index is -4.49. The molecule has 0 aliphatic carbocycles. The van der Waals surface area contributed by atoms with Gasteiger partial charge < -0.3 is 4.74 Å². The van der Waals surface area contributed by atoms with Gasteiger partial charge in [0, 0.05) is 0 Å². The van der Waals surface area contributed by atoms with Crippen molar-refractivity contribution in [3.8, 4) is 5.75 Å². The van der Waals surface area contributed by atoms with Gasteiger partial charge in [-0.3, -0.25) is 4.68 Å². The van der Waals surface area contributed by atoms with Gasteiger partial charge in [-0.1, -0.05) is 0 Å². The van der Waals surface area contributed by atoms with Crippen molar-refractivity contribution in [2.45, 2.75) is 39.4 Å². The minimum Gasteiger partial charge on any atom is -0.493 e. The number of halogens is 3. The molecular weight excluding hydrogens is 221 g/mol. The minimum absolute atomic E-state index is 0.206. The molecule has 1 aromatic rings. The van der Waals surface area contributed by atoms with Gasteiger partial charge in [0.1, 0.15) is 0 Å². The summed E-state index contributed by atoms with van der Waals surface area (Å²) in [4.78, 5) is 0. The van der Waals surface area contributed by atoms with Crippen LogP contribution in [0.5, 0.6) is 5.75 Å². The molecule has 0 fully saturated rings. The Morgan fingerprint density at radius 1 is 1.19 bits per heavy atom. The zero-order chi connectivity index (χ0) is 12.7. The Morgan fingerprint density at radius 3 is 1.94 bits per heavy atom. The highest BCUT2D eigenvalue weighted by molar-refractivity contribution is 5.35. The molecule has 0 saturated carbocycles. The summed E-state index contributed by atoms with van der Waals surface area (Å²) in [5.74, 6) is -0.206. The Balaban J connectivity index is 3.44. The summed E-state index contributed by atoms with van der Waals surface area (Å²) in [6.45, 7) is 6.91. The largest absolute Gasteiger partial charge is 0.493 e. The second-order valence-corrected chi connectivity index (χ2v) is 4.55. The summed E-state index contributed by atoms with van der Waals surface area (Å²) >= 11 is 0. The molecule has 6 heteroatoms.